The van der Waals surface area contributed by atoms with Gasteiger partial charge in [-0.25, -0.2) is 0 Å². The molecule has 0 saturated heterocycles. The van der Waals surface area contributed by atoms with Gasteiger partial charge < -0.3 is 5.32 Å². The molecule has 0 spiro atoms. The maximum atomic E-state index is 6.33. The first-order valence-electron chi connectivity index (χ1n) is 6.62. The van der Waals surface area contributed by atoms with Crippen molar-refractivity contribution < 1.29 is 0 Å². The standard InChI is InChI=1S/C15H13Cl2N3S/c1-2-12(9-4-3-5-10(16)8-9)18-14-11(17)6-7-13-15(14)20-21-19-13/h3-8,12,18H,2H2,1H3. The number of benzene rings is 2. The minimum absolute atomic E-state index is 0.119. The van der Waals surface area contributed by atoms with Crippen molar-refractivity contribution in [2.75, 3.05) is 5.32 Å². The zero-order valence-electron chi connectivity index (χ0n) is 11.3. The molecule has 0 fully saturated rings. The van der Waals surface area contributed by atoms with Crippen LogP contribution < -0.4 is 5.32 Å². The molecule has 1 heterocycles. The van der Waals surface area contributed by atoms with E-state index in [1.807, 2.05) is 30.3 Å². The summed E-state index contributed by atoms with van der Waals surface area (Å²) in [4.78, 5) is 0. The molecule has 0 aliphatic heterocycles. The number of anilines is 1. The van der Waals surface area contributed by atoms with Crippen LogP contribution in [0.25, 0.3) is 11.0 Å². The van der Waals surface area contributed by atoms with Crippen LogP contribution in [0.5, 0.6) is 0 Å². The van der Waals surface area contributed by atoms with Gasteiger partial charge in [0, 0.05) is 5.02 Å². The Balaban J connectivity index is 1.99. The van der Waals surface area contributed by atoms with E-state index in [1.54, 1.807) is 0 Å². The fourth-order valence-electron chi connectivity index (χ4n) is 2.28. The van der Waals surface area contributed by atoms with Crippen LogP contribution in [0.2, 0.25) is 10.0 Å². The second-order valence-corrected chi connectivity index (χ2v) is 6.09. The summed E-state index contributed by atoms with van der Waals surface area (Å²) in [6.07, 6.45) is 0.907. The SMILES string of the molecule is CCC(Nc1c(Cl)ccc2nsnc12)c1cccc(Cl)c1. The van der Waals surface area contributed by atoms with Crippen molar-refractivity contribution in [1.82, 2.24) is 8.75 Å². The largest absolute Gasteiger partial charge is 0.375 e. The van der Waals surface area contributed by atoms with E-state index in [-0.39, 0.29) is 6.04 Å². The van der Waals surface area contributed by atoms with Crippen molar-refractivity contribution in [3.05, 3.63) is 52.0 Å². The highest BCUT2D eigenvalue weighted by atomic mass is 35.5. The summed E-state index contributed by atoms with van der Waals surface area (Å²) in [7, 11) is 0. The lowest BCUT2D eigenvalue weighted by molar-refractivity contribution is 0.750. The van der Waals surface area contributed by atoms with Crippen molar-refractivity contribution >= 4 is 51.7 Å². The molecule has 3 aromatic rings. The molecule has 108 valence electrons. The monoisotopic (exact) mass is 337 g/mol. The van der Waals surface area contributed by atoms with Crippen LogP contribution in [-0.2, 0) is 0 Å². The molecule has 1 atom stereocenters. The quantitative estimate of drug-likeness (QED) is 0.677. The van der Waals surface area contributed by atoms with Crippen LogP contribution in [0.3, 0.4) is 0 Å². The molecule has 6 heteroatoms. The average molecular weight is 338 g/mol. The van der Waals surface area contributed by atoms with Gasteiger partial charge in [-0.3, -0.25) is 0 Å². The van der Waals surface area contributed by atoms with Crippen molar-refractivity contribution in [2.24, 2.45) is 0 Å². The molecule has 0 aliphatic carbocycles. The number of halogens is 2. The van der Waals surface area contributed by atoms with Crippen molar-refractivity contribution in [3.63, 3.8) is 0 Å². The van der Waals surface area contributed by atoms with Gasteiger partial charge in [0.2, 0.25) is 0 Å². The maximum absolute atomic E-state index is 6.33. The van der Waals surface area contributed by atoms with Crippen molar-refractivity contribution in [1.29, 1.82) is 0 Å². The average Bonchev–Trinajstić information content (AvgIpc) is 2.95. The number of fused-ring (bicyclic) bond motifs is 1. The third-order valence-electron chi connectivity index (χ3n) is 3.35. The van der Waals surface area contributed by atoms with Crippen LogP contribution in [0, 0.1) is 0 Å². The lowest BCUT2D eigenvalue weighted by Gasteiger charge is -2.20. The Bertz CT molecular complexity index is 772. The Hall–Kier alpha value is -1.36. The first kappa shape index (κ1) is 14.6. The van der Waals surface area contributed by atoms with Crippen LogP contribution in [0.15, 0.2) is 36.4 Å². The Morgan fingerprint density at radius 1 is 1.19 bits per heavy atom. The molecule has 0 radical (unpaired) electrons. The molecular formula is C15H13Cl2N3S. The van der Waals surface area contributed by atoms with Crippen molar-refractivity contribution in [2.45, 2.75) is 19.4 Å². The summed E-state index contributed by atoms with van der Waals surface area (Å²) >= 11 is 13.6. The summed E-state index contributed by atoms with van der Waals surface area (Å²) in [5, 5.41) is 4.86. The van der Waals surface area contributed by atoms with E-state index < -0.39 is 0 Å². The Morgan fingerprint density at radius 3 is 2.81 bits per heavy atom. The molecule has 0 saturated carbocycles. The predicted molar refractivity (Wildman–Crippen MR) is 90.5 cm³/mol. The molecule has 2 aromatic carbocycles. The molecule has 0 bridgehead atoms. The van der Waals surface area contributed by atoms with Gasteiger partial charge in [0.05, 0.1) is 28.5 Å². The Labute approximate surface area is 137 Å². The molecule has 1 N–H and O–H groups in total. The zero-order valence-corrected chi connectivity index (χ0v) is 13.6. The Kier molecular flexibility index (Phi) is 4.29. The molecule has 1 aromatic heterocycles. The fourth-order valence-corrected chi connectivity index (χ4v) is 3.23. The number of hydrogen-bond acceptors (Lipinski definition) is 4. The van der Waals surface area contributed by atoms with E-state index in [1.165, 1.54) is 11.7 Å². The summed E-state index contributed by atoms with van der Waals surface area (Å²) < 4.78 is 8.59. The van der Waals surface area contributed by atoms with Gasteiger partial charge in [-0.1, -0.05) is 42.3 Å². The van der Waals surface area contributed by atoms with E-state index in [0.29, 0.717) is 5.02 Å². The highest BCUT2D eigenvalue weighted by Crippen LogP contribution is 2.34. The molecule has 0 aliphatic rings. The van der Waals surface area contributed by atoms with Gasteiger partial charge in [0.1, 0.15) is 11.0 Å². The van der Waals surface area contributed by atoms with Crippen LogP contribution in [0.1, 0.15) is 24.9 Å². The van der Waals surface area contributed by atoms with E-state index >= 15 is 0 Å². The van der Waals surface area contributed by atoms with E-state index in [2.05, 4.69) is 27.1 Å². The number of nitrogens with one attached hydrogen (secondary N) is 1. The van der Waals surface area contributed by atoms with Gasteiger partial charge in [0.15, 0.2) is 0 Å². The highest BCUT2D eigenvalue weighted by Gasteiger charge is 2.15. The smallest absolute Gasteiger partial charge is 0.129 e. The second kappa shape index (κ2) is 6.18. The van der Waals surface area contributed by atoms with Crippen LogP contribution in [-0.4, -0.2) is 8.75 Å². The molecule has 3 nitrogen and oxygen atoms in total. The molecular weight excluding hydrogens is 325 g/mol. The highest BCUT2D eigenvalue weighted by molar-refractivity contribution is 7.00. The van der Waals surface area contributed by atoms with Gasteiger partial charge in [-0.2, -0.15) is 8.75 Å². The molecule has 21 heavy (non-hydrogen) atoms. The molecule has 3 rings (SSSR count). The number of hydrogen-bond donors (Lipinski definition) is 1. The number of rotatable bonds is 4. The minimum Gasteiger partial charge on any atom is -0.375 e. The normalized spacial score (nSPS) is 12.5. The first-order valence-corrected chi connectivity index (χ1v) is 8.10. The third-order valence-corrected chi connectivity index (χ3v) is 4.45. The number of nitrogens with zero attached hydrogens (tertiary/aromatic N) is 2. The topological polar surface area (TPSA) is 37.8 Å². The van der Waals surface area contributed by atoms with Gasteiger partial charge in [0.25, 0.3) is 0 Å². The van der Waals surface area contributed by atoms with E-state index in [0.717, 1.165) is 33.7 Å². The summed E-state index contributed by atoms with van der Waals surface area (Å²) in [5.41, 5.74) is 3.62. The molecule has 1 unspecified atom stereocenters. The van der Waals surface area contributed by atoms with Gasteiger partial charge >= 0.3 is 0 Å². The van der Waals surface area contributed by atoms with Crippen LogP contribution in [0.4, 0.5) is 5.69 Å². The van der Waals surface area contributed by atoms with E-state index in [4.69, 9.17) is 23.2 Å². The lowest BCUT2D eigenvalue weighted by atomic mass is 10.0. The van der Waals surface area contributed by atoms with Crippen LogP contribution >= 0.6 is 34.9 Å². The van der Waals surface area contributed by atoms with E-state index in [9.17, 15) is 0 Å². The first-order chi connectivity index (χ1) is 10.2. The third kappa shape index (κ3) is 2.98. The molecule has 0 amide bonds. The van der Waals surface area contributed by atoms with Gasteiger partial charge in [-0.15, -0.1) is 0 Å². The number of aromatic nitrogens is 2. The maximum Gasteiger partial charge on any atom is 0.129 e. The fraction of sp³-hybridized carbons (Fsp3) is 0.200. The second-order valence-electron chi connectivity index (χ2n) is 4.71. The Morgan fingerprint density at radius 2 is 2.05 bits per heavy atom. The predicted octanol–water partition coefficient (Wildman–Crippen LogP) is 5.56. The van der Waals surface area contributed by atoms with Crippen molar-refractivity contribution in [3.8, 4) is 0 Å². The zero-order chi connectivity index (χ0) is 14.8. The minimum atomic E-state index is 0.119. The summed E-state index contributed by atoms with van der Waals surface area (Å²) in [6.45, 7) is 2.12. The van der Waals surface area contributed by atoms with Gasteiger partial charge in [-0.05, 0) is 36.2 Å². The summed E-state index contributed by atoms with van der Waals surface area (Å²) in [6, 6.07) is 11.7. The summed E-state index contributed by atoms with van der Waals surface area (Å²) in [5.74, 6) is 0. The lowest BCUT2D eigenvalue weighted by Crippen LogP contribution is -2.10.